The summed E-state index contributed by atoms with van der Waals surface area (Å²) in [6.45, 7) is 4.02. The monoisotopic (exact) mass is 434 g/mol. The fourth-order valence-corrected chi connectivity index (χ4v) is 3.80. The Morgan fingerprint density at radius 3 is 1.21 bits per heavy atom. The van der Waals surface area contributed by atoms with Crippen LogP contribution in [0.5, 0.6) is 11.5 Å². The van der Waals surface area contributed by atoms with E-state index in [0.29, 0.717) is 22.6 Å². The third-order valence-electron chi connectivity index (χ3n) is 5.50. The lowest BCUT2D eigenvalue weighted by atomic mass is 9.75. The molecular formula is C29H26N2O2. The lowest BCUT2D eigenvalue weighted by molar-refractivity contribution is 0.472. The average molecular weight is 435 g/mol. The van der Waals surface area contributed by atoms with Crippen molar-refractivity contribution in [3.8, 4) is 11.5 Å². The maximum Gasteiger partial charge on any atom is 0.124 e. The molecule has 4 heteroatoms. The summed E-state index contributed by atoms with van der Waals surface area (Å²) in [5, 5.41) is 21.5. The molecule has 2 N–H and O–H groups in total. The lowest BCUT2D eigenvalue weighted by Crippen LogP contribution is -2.35. The van der Waals surface area contributed by atoms with Crippen molar-refractivity contribution in [3.05, 3.63) is 120 Å². The molecule has 0 heterocycles. The molecule has 0 aliphatic rings. The van der Waals surface area contributed by atoms with Crippen LogP contribution in [0.4, 0.5) is 11.4 Å². The van der Waals surface area contributed by atoms with E-state index in [2.05, 4.69) is 0 Å². The fourth-order valence-electron chi connectivity index (χ4n) is 3.80. The number of para-hydroxylation sites is 4. The third kappa shape index (κ3) is 4.85. The van der Waals surface area contributed by atoms with Gasteiger partial charge in [0.2, 0.25) is 0 Å². The number of phenols is 2. The summed E-state index contributed by atoms with van der Waals surface area (Å²) in [4.78, 5) is 9.95. The maximum absolute atomic E-state index is 10.7. The van der Waals surface area contributed by atoms with Crippen molar-refractivity contribution < 1.29 is 10.2 Å². The van der Waals surface area contributed by atoms with Crippen molar-refractivity contribution >= 4 is 22.8 Å². The Bertz CT molecular complexity index is 1190. The molecule has 4 aromatic rings. The van der Waals surface area contributed by atoms with Gasteiger partial charge in [-0.1, -0.05) is 60.7 Å². The second kappa shape index (κ2) is 9.53. The zero-order valence-electron chi connectivity index (χ0n) is 18.7. The van der Waals surface area contributed by atoms with Crippen molar-refractivity contribution in [1.82, 2.24) is 0 Å². The normalized spacial score (nSPS) is 12.5. The molecule has 0 bridgehead atoms. The SMILES string of the molecule is CC(C)(C(=Nc1ccccc1)c1ccccc1O)C(=Nc1ccccc1)c1ccccc1O. The van der Waals surface area contributed by atoms with Gasteiger partial charge in [0.1, 0.15) is 11.5 Å². The Balaban J connectivity index is 1.99. The summed E-state index contributed by atoms with van der Waals surface area (Å²) in [7, 11) is 0. The largest absolute Gasteiger partial charge is 0.507 e. The van der Waals surface area contributed by atoms with Crippen LogP contribution in [0.15, 0.2) is 119 Å². The minimum absolute atomic E-state index is 0.136. The highest BCUT2D eigenvalue weighted by atomic mass is 16.3. The first kappa shape index (κ1) is 22.0. The molecule has 0 spiro atoms. The number of aromatic hydroxyl groups is 2. The van der Waals surface area contributed by atoms with Crippen LogP contribution in [-0.4, -0.2) is 21.6 Å². The molecule has 0 radical (unpaired) electrons. The van der Waals surface area contributed by atoms with Crippen LogP contribution in [0.1, 0.15) is 25.0 Å². The Hall–Kier alpha value is -4.18. The van der Waals surface area contributed by atoms with Crippen molar-refractivity contribution in [2.75, 3.05) is 0 Å². The van der Waals surface area contributed by atoms with Crippen molar-refractivity contribution in [2.45, 2.75) is 13.8 Å². The molecule has 4 nitrogen and oxygen atoms in total. The molecule has 0 amide bonds. The van der Waals surface area contributed by atoms with E-state index < -0.39 is 5.41 Å². The molecule has 0 saturated heterocycles. The number of hydrogen-bond donors (Lipinski definition) is 2. The van der Waals surface area contributed by atoms with Gasteiger partial charge in [-0.3, -0.25) is 9.98 Å². The third-order valence-corrected chi connectivity index (χ3v) is 5.50. The highest BCUT2D eigenvalue weighted by molar-refractivity contribution is 6.25. The van der Waals surface area contributed by atoms with E-state index in [1.165, 1.54) is 0 Å². The Morgan fingerprint density at radius 2 is 0.848 bits per heavy atom. The average Bonchev–Trinajstić information content (AvgIpc) is 2.83. The topological polar surface area (TPSA) is 65.2 Å². The first-order valence-corrected chi connectivity index (χ1v) is 10.8. The van der Waals surface area contributed by atoms with E-state index in [1.54, 1.807) is 24.3 Å². The summed E-state index contributed by atoms with van der Waals surface area (Å²) in [5.74, 6) is 0.271. The van der Waals surface area contributed by atoms with E-state index in [4.69, 9.17) is 9.98 Å². The molecule has 0 aliphatic heterocycles. The van der Waals surface area contributed by atoms with Gasteiger partial charge < -0.3 is 10.2 Å². The van der Waals surface area contributed by atoms with E-state index in [0.717, 1.165) is 11.4 Å². The first-order chi connectivity index (χ1) is 16.0. The second-order valence-electron chi connectivity index (χ2n) is 8.25. The summed E-state index contributed by atoms with van der Waals surface area (Å²) in [6, 6.07) is 33.6. The molecule has 4 rings (SSSR count). The van der Waals surface area contributed by atoms with Crippen LogP contribution in [0.3, 0.4) is 0 Å². The van der Waals surface area contributed by atoms with Crippen LogP contribution in [0.25, 0.3) is 0 Å². The number of hydrogen-bond acceptors (Lipinski definition) is 4. The number of rotatable bonds is 6. The first-order valence-electron chi connectivity index (χ1n) is 10.8. The van der Waals surface area contributed by atoms with Crippen LogP contribution in [-0.2, 0) is 0 Å². The van der Waals surface area contributed by atoms with E-state index in [1.807, 2.05) is 98.8 Å². The summed E-state index contributed by atoms with van der Waals surface area (Å²) in [5.41, 5.74) is 3.25. The Morgan fingerprint density at radius 1 is 0.515 bits per heavy atom. The number of benzene rings is 4. The standard InChI is InChI=1S/C29H26N2O2/c1-29(2,27(23-17-9-11-19-25(23)32)30-21-13-5-3-6-14-21)28(24-18-10-12-20-26(24)33)31-22-15-7-4-8-16-22/h3-20,32-33H,1-2H3. The Labute approximate surface area is 194 Å². The highest BCUT2D eigenvalue weighted by Crippen LogP contribution is 2.37. The number of phenolic OH excluding ortho intramolecular Hbond substituents is 2. The minimum atomic E-state index is -0.788. The lowest BCUT2D eigenvalue weighted by Gasteiger charge is -2.30. The molecule has 0 fully saturated rings. The summed E-state index contributed by atoms with van der Waals surface area (Å²) in [6.07, 6.45) is 0. The van der Waals surface area contributed by atoms with Gasteiger partial charge in [0.25, 0.3) is 0 Å². The maximum atomic E-state index is 10.7. The van der Waals surface area contributed by atoms with Gasteiger partial charge in [-0.05, 0) is 62.4 Å². The van der Waals surface area contributed by atoms with E-state index >= 15 is 0 Å². The highest BCUT2D eigenvalue weighted by Gasteiger charge is 2.35. The smallest absolute Gasteiger partial charge is 0.124 e. The molecule has 33 heavy (non-hydrogen) atoms. The van der Waals surface area contributed by atoms with Gasteiger partial charge in [-0.25, -0.2) is 0 Å². The van der Waals surface area contributed by atoms with Gasteiger partial charge in [0, 0.05) is 11.1 Å². The van der Waals surface area contributed by atoms with Crippen LogP contribution >= 0.6 is 0 Å². The molecule has 0 aliphatic carbocycles. The van der Waals surface area contributed by atoms with Crippen molar-refractivity contribution in [2.24, 2.45) is 15.4 Å². The predicted octanol–water partition coefficient (Wildman–Crippen LogP) is 7.07. The summed E-state index contributed by atoms with van der Waals surface area (Å²) >= 11 is 0. The number of nitrogens with zero attached hydrogens (tertiary/aromatic N) is 2. The number of aliphatic imine (C=N–C) groups is 2. The molecule has 0 unspecified atom stereocenters. The zero-order chi connectivity index (χ0) is 23.3. The van der Waals surface area contributed by atoms with Gasteiger partial charge >= 0.3 is 0 Å². The quantitative estimate of drug-likeness (QED) is 0.319. The van der Waals surface area contributed by atoms with Gasteiger partial charge in [-0.2, -0.15) is 0 Å². The molecule has 0 aromatic heterocycles. The van der Waals surface area contributed by atoms with E-state index in [9.17, 15) is 10.2 Å². The van der Waals surface area contributed by atoms with Gasteiger partial charge in [0.15, 0.2) is 0 Å². The van der Waals surface area contributed by atoms with Crippen LogP contribution in [0, 0.1) is 5.41 Å². The fraction of sp³-hybridized carbons (Fsp3) is 0.103. The van der Waals surface area contributed by atoms with Crippen molar-refractivity contribution in [3.63, 3.8) is 0 Å². The molecule has 164 valence electrons. The van der Waals surface area contributed by atoms with Gasteiger partial charge in [-0.15, -0.1) is 0 Å². The zero-order valence-corrected chi connectivity index (χ0v) is 18.7. The van der Waals surface area contributed by atoms with Crippen LogP contribution < -0.4 is 0 Å². The summed E-state index contributed by atoms with van der Waals surface area (Å²) < 4.78 is 0. The predicted molar refractivity (Wildman–Crippen MR) is 135 cm³/mol. The Kier molecular flexibility index (Phi) is 6.36. The molecule has 0 atom stereocenters. The van der Waals surface area contributed by atoms with Gasteiger partial charge in [0.05, 0.1) is 28.2 Å². The molecular weight excluding hydrogens is 408 g/mol. The minimum Gasteiger partial charge on any atom is -0.507 e. The molecule has 0 saturated carbocycles. The van der Waals surface area contributed by atoms with E-state index in [-0.39, 0.29) is 11.5 Å². The second-order valence-corrected chi connectivity index (χ2v) is 8.25. The van der Waals surface area contributed by atoms with Crippen molar-refractivity contribution in [1.29, 1.82) is 0 Å². The van der Waals surface area contributed by atoms with Crippen LogP contribution in [0.2, 0.25) is 0 Å². The molecule has 4 aromatic carbocycles.